The van der Waals surface area contributed by atoms with Gasteiger partial charge in [-0.05, 0) is 30.3 Å². The predicted octanol–water partition coefficient (Wildman–Crippen LogP) is 3.98. The van der Waals surface area contributed by atoms with E-state index in [2.05, 4.69) is 20.9 Å². The molecule has 3 rings (SSSR count). The number of rotatable bonds is 1. The average Bonchev–Trinajstić information content (AvgIpc) is 2.70. The highest BCUT2D eigenvalue weighted by Gasteiger charge is 2.10. The molecule has 0 spiro atoms. The molecule has 2 aromatic carbocycles. The van der Waals surface area contributed by atoms with Gasteiger partial charge in [0.15, 0.2) is 5.58 Å². The molecule has 3 aromatic rings. The maximum atomic E-state index is 13.1. The SMILES string of the molecule is Nc1cc(Br)cc(-c2nc3cc(F)ccc3o2)c1. The number of nitrogens with zero attached hydrogens (tertiary/aromatic N) is 1. The minimum absolute atomic E-state index is 0.337. The van der Waals surface area contributed by atoms with E-state index >= 15 is 0 Å². The Balaban J connectivity index is 2.19. The van der Waals surface area contributed by atoms with Crippen molar-refractivity contribution in [3.8, 4) is 11.5 Å². The number of nitrogens with two attached hydrogens (primary N) is 1. The lowest BCUT2D eigenvalue weighted by atomic mass is 10.2. The van der Waals surface area contributed by atoms with Crippen LogP contribution in [-0.2, 0) is 0 Å². The van der Waals surface area contributed by atoms with Crippen molar-refractivity contribution in [1.29, 1.82) is 0 Å². The Kier molecular flexibility index (Phi) is 2.56. The Morgan fingerprint density at radius 3 is 2.78 bits per heavy atom. The van der Waals surface area contributed by atoms with Gasteiger partial charge in [0.1, 0.15) is 11.3 Å². The van der Waals surface area contributed by atoms with Crippen LogP contribution < -0.4 is 5.73 Å². The number of hydrogen-bond donors (Lipinski definition) is 1. The second kappa shape index (κ2) is 4.10. The zero-order valence-electron chi connectivity index (χ0n) is 9.15. The molecule has 5 heteroatoms. The third kappa shape index (κ3) is 1.97. The average molecular weight is 307 g/mol. The molecule has 2 N–H and O–H groups in total. The molecule has 0 saturated heterocycles. The van der Waals surface area contributed by atoms with Gasteiger partial charge < -0.3 is 10.2 Å². The van der Waals surface area contributed by atoms with Gasteiger partial charge in [-0.25, -0.2) is 9.37 Å². The summed E-state index contributed by atoms with van der Waals surface area (Å²) in [5, 5.41) is 0. The van der Waals surface area contributed by atoms with Crippen molar-refractivity contribution < 1.29 is 8.81 Å². The van der Waals surface area contributed by atoms with Crippen molar-refractivity contribution in [2.75, 3.05) is 5.73 Å². The zero-order valence-corrected chi connectivity index (χ0v) is 10.7. The van der Waals surface area contributed by atoms with E-state index in [9.17, 15) is 4.39 Å². The first-order valence-corrected chi connectivity index (χ1v) is 6.04. The van der Waals surface area contributed by atoms with Crippen LogP contribution in [0.25, 0.3) is 22.6 Å². The first-order chi connectivity index (χ1) is 8.61. The Bertz CT molecular complexity index is 719. The molecule has 0 amide bonds. The lowest BCUT2D eigenvalue weighted by molar-refractivity contribution is 0.614. The predicted molar refractivity (Wildman–Crippen MR) is 71.5 cm³/mol. The summed E-state index contributed by atoms with van der Waals surface area (Å²) in [6, 6.07) is 9.62. The molecule has 1 aromatic heterocycles. The highest BCUT2D eigenvalue weighted by atomic mass is 79.9. The van der Waals surface area contributed by atoms with E-state index in [1.165, 1.54) is 12.1 Å². The fourth-order valence-electron chi connectivity index (χ4n) is 1.76. The number of fused-ring (bicyclic) bond motifs is 1. The molecule has 0 saturated carbocycles. The summed E-state index contributed by atoms with van der Waals surface area (Å²) in [5.74, 6) is 0.0831. The van der Waals surface area contributed by atoms with Gasteiger partial charge >= 0.3 is 0 Å². The number of aromatic nitrogens is 1. The molecular weight excluding hydrogens is 299 g/mol. The molecule has 0 aliphatic rings. The standard InChI is InChI=1S/C13H8BrFN2O/c14-8-3-7(4-10(16)5-8)13-17-11-6-9(15)1-2-12(11)18-13/h1-6H,16H2. The van der Waals surface area contributed by atoms with Gasteiger partial charge in [0.2, 0.25) is 5.89 Å². The topological polar surface area (TPSA) is 52.0 Å². The lowest BCUT2D eigenvalue weighted by Crippen LogP contribution is -1.86. The molecule has 1 heterocycles. The molecule has 3 nitrogen and oxygen atoms in total. The summed E-state index contributed by atoms with van der Waals surface area (Å²) in [6.07, 6.45) is 0. The highest BCUT2D eigenvalue weighted by molar-refractivity contribution is 9.10. The van der Waals surface area contributed by atoms with Crippen LogP contribution >= 0.6 is 15.9 Å². The number of hydrogen-bond acceptors (Lipinski definition) is 3. The van der Waals surface area contributed by atoms with Crippen molar-refractivity contribution in [1.82, 2.24) is 4.98 Å². The summed E-state index contributed by atoms with van der Waals surface area (Å²) in [4.78, 5) is 4.24. The van der Waals surface area contributed by atoms with Gasteiger partial charge in [0.25, 0.3) is 0 Å². The fraction of sp³-hybridized carbons (Fsp3) is 0. The van der Waals surface area contributed by atoms with Gasteiger partial charge in [-0.1, -0.05) is 15.9 Å². The largest absolute Gasteiger partial charge is 0.436 e. The molecule has 18 heavy (non-hydrogen) atoms. The van der Waals surface area contributed by atoms with E-state index in [-0.39, 0.29) is 5.82 Å². The van der Waals surface area contributed by atoms with Crippen molar-refractivity contribution in [3.05, 3.63) is 46.7 Å². The van der Waals surface area contributed by atoms with Crippen LogP contribution in [0, 0.1) is 5.82 Å². The number of halogens is 2. The van der Waals surface area contributed by atoms with Gasteiger partial charge in [-0.3, -0.25) is 0 Å². The van der Waals surface area contributed by atoms with Crippen molar-refractivity contribution in [2.24, 2.45) is 0 Å². The second-order valence-electron chi connectivity index (χ2n) is 3.90. The molecule has 0 aliphatic carbocycles. The minimum Gasteiger partial charge on any atom is -0.436 e. The Morgan fingerprint density at radius 1 is 1.17 bits per heavy atom. The molecule has 0 unspecified atom stereocenters. The quantitative estimate of drug-likeness (QED) is 0.692. The van der Waals surface area contributed by atoms with Crippen LogP contribution in [0.5, 0.6) is 0 Å². The van der Waals surface area contributed by atoms with E-state index in [4.69, 9.17) is 10.2 Å². The van der Waals surface area contributed by atoms with E-state index in [1.807, 2.05) is 6.07 Å². The lowest BCUT2D eigenvalue weighted by Gasteiger charge is -1.99. The van der Waals surface area contributed by atoms with Crippen LogP contribution in [0.3, 0.4) is 0 Å². The fourth-order valence-corrected chi connectivity index (χ4v) is 2.27. The van der Waals surface area contributed by atoms with Crippen LogP contribution in [-0.4, -0.2) is 4.98 Å². The van der Waals surface area contributed by atoms with Gasteiger partial charge in [-0.2, -0.15) is 0 Å². The highest BCUT2D eigenvalue weighted by Crippen LogP contribution is 2.28. The van der Waals surface area contributed by atoms with Gasteiger partial charge in [-0.15, -0.1) is 0 Å². The summed E-state index contributed by atoms with van der Waals surface area (Å²) in [5.41, 5.74) is 8.14. The van der Waals surface area contributed by atoms with Crippen molar-refractivity contribution >= 4 is 32.7 Å². The number of oxazole rings is 1. The van der Waals surface area contributed by atoms with Crippen molar-refractivity contribution in [2.45, 2.75) is 0 Å². The summed E-state index contributed by atoms with van der Waals surface area (Å²) >= 11 is 3.36. The number of nitrogen functional groups attached to an aromatic ring is 1. The number of anilines is 1. The smallest absolute Gasteiger partial charge is 0.227 e. The van der Waals surface area contributed by atoms with Gasteiger partial charge in [0.05, 0.1) is 0 Å². The first kappa shape index (κ1) is 11.2. The van der Waals surface area contributed by atoms with Crippen molar-refractivity contribution in [3.63, 3.8) is 0 Å². The maximum absolute atomic E-state index is 13.1. The Labute approximate surface area is 111 Å². The molecule has 0 atom stereocenters. The summed E-state index contributed by atoms with van der Waals surface area (Å²) in [7, 11) is 0. The normalized spacial score (nSPS) is 11.0. The van der Waals surface area contributed by atoms with Gasteiger partial charge in [0, 0.05) is 21.8 Å². The summed E-state index contributed by atoms with van der Waals surface area (Å²) in [6.45, 7) is 0. The zero-order chi connectivity index (χ0) is 12.7. The first-order valence-electron chi connectivity index (χ1n) is 5.24. The van der Waals surface area contributed by atoms with Crippen LogP contribution in [0.1, 0.15) is 0 Å². The minimum atomic E-state index is -0.337. The van der Waals surface area contributed by atoms with E-state index in [0.717, 1.165) is 10.0 Å². The molecule has 0 aliphatic heterocycles. The van der Waals surface area contributed by atoms with E-state index in [1.54, 1.807) is 18.2 Å². The van der Waals surface area contributed by atoms with Crippen LogP contribution in [0.15, 0.2) is 45.3 Å². The van der Waals surface area contributed by atoms with E-state index < -0.39 is 0 Å². The monoisotopic (exact) mass is 306 g/mol. The summed E-state index contributed by atoms with van der Waals surface area (Å²) < 4.78 is 19.5. The Hall–Kier alpha value is -1.88. The molecule has 0 radical (unpaired) electrons. The maximum Gasteiger partial charge on any atom is 0.227 e. The van der Waals surface area contributed by atoms with Crippen LogP contribution in [0.4, 0.5) is 10.1 Å². The molecular formula is C13H8BrFN2O. The Morgan fingerprint density at radius 2 is 2.00 bits per heavy atom. The molecule has 0 fully saturated rings. The molecule has 90 valence electrons. The molecule has 0 bridgehead atoms. The number of benzene rings is 2. The van der Waals surface area contributed by atoms with Crippen LogP contribution in [0.2, 0.25) is 0 Å². The second-order valence-corrected chi connectivity index (χ2v) is 4.82. The third-order valence-electron chi connectivity index (χ3n) is 2.52. The third-order valence-corrected chi connectivity index (χ3v) is 2.97. The van der Waals surface area contributed by atoms with E-state index in [0.29, 0.717) is 22.7 Å².